The van der Waals surface area contributed by atoms with Crippen LogP contribution < -0.4 is 30.7 Å². The first-order valence-electron chi connectivity index (χ1n) is 11.5. The summed E-state index contributed by atoms with van der Waals surface area (Å²) in [4.78, 5) is 22.9. The summed E-state index contributed by atoms with van der Waals surface area (Å²) >= 11 is 12.8. The molecule has 202 valence electrons. The number of halogens is 2. The molecular weight excluding hydrogens is 531 g/mol. The molecule has 2 amide bonds. The minimum Gasteiger partial charge on any atom is -0.495 e. The summed E-state index contributed by atoms with van der Waals surface area (Å²) in [5, 5.41) is 6.27. The molecule has 38 heavy (non-hydrogen) atoms. The van der Waals surface area contributed by atoms with Gasteiger partial charge in [-0.1, -0.05) is 41.4 Å². The molecule has 1 heterocycles. The number of carbonyl (C=O) groups is 1. The molecule has 3 aromatic rings. The minimum atomic E-state index is -0.541. The number of hydrogen-bond acceptors (Lipinski definition) is 8. The van der Waals surface area contributed by atoms with Crippen molar-refractivity contribution >= 4 is 52.2 Å². The number of nitrogens with one attached hydrogen (secondary N) is 2. The Morgan fingerprint density at radius 1 is 1.11 bits per heavy atom. The lowest BCUT2D eigenvalue weighted by Gasteiger charge is -2.20. The van der Waals surface area contributed by atoms with Gasteiger partial charge in [-0.2, -0.15) is 0 Å². The highest BCUT2D eigenvalue weighted by Crippen LogP contribution is 2.44. The summed E-state index contributed by atoms with van der Waals surface area (Å²) in [5.74, 6) is 1.41. The summed E-state index contributed by atoms with van der Waals surface area (Å²) in [7, 11) is 6.12. The highest BCUT2D eigenvalue weighted by molar-refractivity contribution is 6.41. The molecule has 1 atom stereocenters. The van der Waals surface area contributed by atoms with Gasteiger partial charge in [0, 0.05) is 32.0 Å². The number of aromatic nitrogens is 2. The lowest BCUT2D eigenvalue weighted by atomic mass is 10.0. The molecule has 0 radical (unpaired) electrons. The minimum absolute atomic E-state index is 0.0611. The zero-order valence-corrected chi connectivity index (χ0v) is 23.2. The molecule has 1 unspecified atom stereocenters. The monoisotopic (exact) mass is 560 g/mol. The van der Waals surface area contributed by atoms with Crippen molar-refractivity contribution in [1.29, 1.82) is 0 Å². The number of hydrogen-bond donors (Lipinski definition) is 3. The van der Waals surface area contributed by atoms with Crippen LogP contribution in [0.4, 0.5) is 27.8 Å². The van der Waals surface area contributed by atoms with Crippen molar-refractivity contribution in [3.05, 3.63) is 70.1 Å². The van der Waals surface area contributed by atoms with E-state index in [0.29, 0.717) is 29.6 Å². The molecule has 0 spiro atoms. The number of methoxy groups -OCH3 is 3. The average molecular weight is 561 g/mol. The second kappa shape index (κ2) is 13.2. The van der Waals surface area contributed by atoms with Crippen molar-refractivity contribution in [3.63, 3.8) is 0 Å². The van der Waals surface area contributed by atoms with E-state index in [1.165, 1.54) is 37.7 Å². The van der Waals surface area contributed by atoms with Gasteiger partial charge in [0.25, 0.3) is 0 Å². The molecule has 1 aromatic heterocycles. The molecule has 3 rings (SSSR count). The molecular formula is C26H30Cl2N6O4. The Morgan fingerprint density at radius 2 is 1.79 bits per heavy atom. The van der Waals surface area contributed by atoms with E-state index in [9.17, 15) is 4.79 Å². The van der Waals surface area contributed by atoms with Gasteiger partial charge in [-0.3, -0.25) is 4.90 Å². The molecule has 0 bridgehead atoms. The van der Waals surface area contributed by atoms with E-state index in [4.69, 9.17) is 43.1 Å². The number of ether oxygens (including phenoxy) is 3. The van der Waals surface area contributed by atoms with E-state index in [1.54, 1.807) is 20.2 Å². The zero-order valence-electron chi connectivity index (χ0n) is 21.7. The number of anilines is 4. The van der Waals surface area contributed by atoms with Crippen LogP contribution in [0.1, 0.15) is 24.2 Å². The maximum atomic E-state index is 13.1. The van der Waals surface area contributed by atoms with Crippen molar-refractivity contribution < 1.29 is 19.0 Å². The van der Waals surface area contributed by atoms with Crippen molar-refractivity contribution in [3.8, 4) is 11.5 Å². The molecule has 0 saturated heterocycles. The SMILES string of the molecule is COc1cc(OC)c(Cl)c(NC(=O)N(C)c2cc(Nc3ccc(C(C)OC)cc3CC=CN)ncn2)c1Cl. The van der Waals surface area contributed by atoms with Crippen LogP contribution in [0, 0.1) is 0 Å². The second-order valence-electron chi connectivity index (χ2n) is 8.09. The molecule has 10 nitrogen and oxygen atoms in total. The number of amides is 2. The molecule has 12 heteroatoms. The Balaban J connectivity index is 1.85. The summed E-state index contributed by atoms with van der Waals surface area (Å²) < 4.78 is 16.0. The van der Waals surface area contributed by atoms with Crippen LogP contribution in [0.25, 0.3) is 0 Å². The normalized spacial score (nSPS) is 11.8. The maximum absolute atomic E-state index is 13.1. The number of nitrogens with two attached hydrogens (primary N) is 1. The summed E-state index contributed by atoms with van der Waals surface area (Å²) in [5.41, 5.74) is 8.58. The van der Waals surface area contributed by atoms with Gasteiger partial charge in [0.05, 0.1) is 26.0 Å². The van der Waals surface area contributed by atoms with E-state index >= 15 is 0 Å². The van der Waals surface area contributed by atoms with Crippen molar-refractivity contribution in [1.82, 2.24) is 9.97 Å². The van der Waals surface area contributed by atoms with Gasteiger partial charge in [0.15, 0.2) is 0 Å². The molecule has 0 saturated carbocycles. The third-order valence-electron chi connectivity index (χ3n) is 5.80. The zero-order chi connectivity index (χ0) is 27.8. The molecule has 0 aliphatic heterocycles. The number of urea groups is 1. The van der Waals surface area contributed by atoms with Gasteiger partial charge in [-0.15, -0.1) is 0 Å². The van der Waals surface area contributed by atoms with Gasteiger partial charge in [-0.05, 0) is 36.7 Å². The van der Waals surface area contributed by atoms with Crippen molar-refractivity contribution in [2.75, 3.05) is 43.9 Å². The number of allylic oxidation sites excluding steroid dienone is 1. The van der Waals surface area contributed by atoms with Crippen LogP contribution in [-0.4, -0.2) is 44.4 Å². The third-order valence-corrected chi connectivity index (χ3v) is 6.55. The summed E-state index contributed by atoms with van der Waals surface area (Å²) in [6, 6.07) is 8.61. The van der Waals surface area contributed by atoms with Crippen LogP contribution in [0.2, 0.25) is 10.0 Å². The average Bonchev–Trinajstić information content (AvgIpc) is 2.94. The predicted octanol–water partition coefficient (Wildman–Crippen LogP) is 5.93. The topological polar surface area (TPSA) is 124 Å². The second-order valence-corrected chi connectivity index (χ2v) is 8.84. The molecule has 0 aliphatic carbocycles. The fourth-order valence-corrected chi connectivity index (χ4v) is 4.11. The van der Waals surface area contributed by atoms with Gasteiger partial charge >= 0.3 is 6.03 Å². The molecule has 2 aromatic carbocycles. The highest BCUT2D eigenvalue weighted by atomic mass is 35.5. The number of carbonyl (C=O) groups excluding carboxylic acids is 1. The van der Waals surface area contributed by atoms with Crippen LogP contribution in [0.3, 0.4) is 0 Å². The van der Waals surface area contributed by atoms with Gasteiger partial charge < -0.3 is 30.6 Å². The Labute approximate surface area is 231 Å². The molecule has 0 fully saturated rings. The Kier molecular flexibility index (Phi) is 10.0. The van der Waals surface area contributed by atoms with Gasteiger partial charge in [-0.25, -0.2) is 14.8 Å². The Hall–Kier alpha value is -3.73. The van der Waals surface area contributed by atoms with Crippen molar-refractivity contribution in [2.24, 2.45) is 5.73 Å². The first-order valence-corrected chi connectivity index (χ1v) is 12.3. The summed E-state index contributed by atoms with van der Waals surface area (Å²) in [6.45, 7) is 1.98. The summed E-state index contributed by atoms with van der Waals surface area (Å²) in [6.07, 6.45) is 5.26. The van der Waals surface area contributed by atoms with Crippen molar-refractivity contribution in [2.45, 2.75) is 19.4 Å². The predicted molar refractivity (Wildman–Crippen MR) is 151 cm³/mol. The smallest absolute Gasteiger partial charge is 0.327 e. The fraction of sp³-hybridized carbons (Fsp3) is 0.269. The lowest BCUT2D eigenvalue weighted by Crippen LogP contribution is -2.32. The fourth-order valence-electron chi connectivity index (χ4n) is 3.52. The van der Waals surface area contributed by atoms with E-state index < -0.39 is 6.03 Å². The Morgan fingerprint density at radius 3 is 2.39 bits per heavy atom. The Bertz CT molecular complexity index is 1290. The van der Waals surface area contributed by atoms with E-state index in [2.05, 4.69) is 20.6 Å². The molecule has 4 N–H and O–H groups in total. The largest absolute Gasteiger partial charge is 0.495 e. The molecule has 0 aliphatic rings. The van der Waals surface area contributed by atoms with Gasteiger partial charge in [0.1, 0.15) is 39.5 Å². The van der Waals surface area contributed by atoms with E-state index in [1.807, 2.05) is 31.2 Å². The highest BCUT2D eigenvalue weighted by Gasteiger charge is 2.22. The number of nitrogens with zero attached hydrogens (tertiary/aromatic N) is 3. The standard InChI is InChI=1S/C26H30Cl2N6O4/c1-15(36-3)16-8-9-18(17(11-16)7-6-10-29)32-21-13-22(31-14-30-21)34(2)26(35)33-25-23(27)19(37-4)12-20(38-5)24(25)28/h6,8-15H,7,29H2,1-5H3,(H,33,35)(H,30,31,32). The van der Waals surface area contributed by atoms with Crippen LogP contribution >= 0.6 is 23.2 Å². The van der Waals surface area contributed by atoms with E-state index in [0.717, 1.165) is 16.8 Å². The lowest BCUT2D eigenvalue weighted by molar-refractivity contribution is 0.119. The quantitative estimate of drug-likeness (QED) is 0.278. The number of benzene rings is 2. The van der Waals surface area contributed by atoms with Crippen LogP contribution in [0.15, 0.2) is 48.9 Å². The number of rotatable bonds is 10. The van der Waals surface area contributed by atoms with Crippen LogP contribution in [0.5, 0.6) is 11.5 Å². The first-order chi connectivity index (χ1) is 18.2. The third kappa shape index (κ3) is 6.58. The van der Waals surface area contributed by atoms with Gasteiger partial charge in [0.2, 0.25) is 0 Å². The maximum Gasteiger partial charge on any atom is 0.327 e. The van der Waals surface area contributed by atoms with Crippen LogP contribution in [-0.2, 0) is 11.2 Å². The first kappa shape index (κ1) is 28.8. The van der Waals surface area contributed by atoms with E-state index in [-0.39, 0.29) is 21.8 Å².